The number of thiazole rings is 1. The SMILES string of the molecule is CN(/N=C\c1sc(N2CCOCC2)nc1-c1ccccc1)c1ccccc1. The van der Waals surface area contributed by atoms with Crippen molar-refractivity contribution in [3.8, 4) is 11.3 Å². The third-order valence-corrected chi connectivity index (χ3v) is 5.50. The molecule has 0 N–H and O–H groups in total. The summed E-state index contributed by atoms with van der Waals surface area (Å²) >= 11 is 1.68. The molecule has 1 fully saturated rings. The Morgan fingerprint density at radius 2 is 1.70 bits per heavy atom. The quantitative estimate of drug-likeness (QED) is 0.495. The Morgan fingerprint density at radius 3 is 2.41 bits per heavy atom. The van der Waals surface area contributed by atoms with E-state index in [-0.39, 0.29) is 0 Å². The number of hydrogen-bond acceptors (Lipinski definition) is 6. The number of para-hydroxylation sites is 1. The first-order chi connectivity index (χ1) is 13.3. The lowest BCUT2D eigenvalue weighted by Gasteiger charge is -2.26. The van der Waals surface area contributed by atoms with Crippen molar-refractivity contribution in [3.63, 3.8) is 0 Å². The molecule has 138 valence electrons. The predicted molar refractivity (Wildman–Crippen MR) is 113 cm³/mol. The second kappa shape index (κ2) is 8.33. The van der Waals surface area contributed by atoms with Crippen LogP contribution >= 0.6 is 11.3 Å². The maximum absolute atomic E-state index is 5.47. The van der Waals surface area contributed by atoms with Crippen LogP contribution in [0.5, 0.6) is 0 Å². The summed E-state index contributed by atoms with van der Waals surface area (Å²) in [7, 11) is 1.96. The van der Waals surface area contributed by atoms with Crippen LogP contribution in [0, 0.1) is 0 Å². The molecule has 27 heavy (non-hydrogen) atoms. The summed E-state index contributed by atoms with van der Waals surface area (Å²) < 4.78 is 5.47. The number of rotatable bonds is 5. The normalized spacial score (nSPS) is 14.6. The number of aromatic nitrogens is 1. The zero-order valence-electron chi connectivity index (χ0n) is 15.3. The molecule has 0 bridgehead atoms. The fraction of sp³-hybridized carbons (Fsp3) is 0.238. The van der Waals surface area contributed by atoms with Crippen LogP contribution in [0.3, 0.4) is 0 Å². The molecular weight excluding hydrogens is 356 g/mol. The molecule has 6 heteroatoms. The molecular formula is C21H22N4OS. The van der Waals surface area contributed by atoms with Gasteiger partial charge in [-0.3, -0.25) is 5.01 Å². The molecule has 2 heterocycles. The molecule has 0 aliphatic carbocycles. The van der Waals surface area contributed by atoms with Gasteiger partial charge in [-0.05, 0) is 12.1 Å². The van der Waals surface area contributed by atoms with Gasteiger partial charge in [0, 0.05) is 25.7 Å². The van der Waals surface area contributed by atoms with E-state index < -0.39 is 0 Å². The highest BCUT2D eigenvalue weighted by atomic mass is 32.1. The van der Waals surface area contributed by atoms with E-state index in [9.17, 15) is 0 Å². The summed E-state index contributed by atoms with van der Waals surface area (Å²) in [5, 5.41) is 7.55. The van der Waals surface area contributed by atoms with Crippen LogP contribution < -0.4 is 9.91 Å². The maximum atomic E-state index is 5.47. The number of hydrogen-bond donors (Lipinski definition) is 0. The molecule has 0 amide bonds. The number of ether oxygens (including phenoxy) is 1. The average molecular weight is 379 g/mol. The Kier molecular flexibility index (Phi) is 5.46. The van der Waals surface area contributed by atoms with E-state index in [1.165, 1.54) is 0 Å². The molecule has 1 aromatic heterocycles. The number of nitrogens with zero attached hydrogens (tertiary/aromatic N) is 4. The molecule has 3 aromatic rings. The highest BCUT2D eigenvalue weighted by Crippen LogP contribution is 2.32. The molecule has 4 rings (SSSR count). The van der Waals surface area contributed by atoms with Gasteiger partial charge in [-0.2, -0.15) is 5.10 Å². The third kappa shape index (κ3) is 4.18. The number of anilines is 2. The lowest BCUT2D eigenvalue weighted by Crippen LogP contribution is -2.36. The van der Waals surface area contributed by atoms with Gasteiger partial charge in [0.05, 0.1) is 35.7 Å². The van der Waals surface area contributed by atoms with Crippen molar-refractivity contribution < 1.29 is 4.74 Å². The van der Waals surface area contributed by atoms with Crippen LogP contribution in [0.1, 0.15) is 4.88 Å². The zero-order valence-corrected chi connectivity index (χ0v) is 16.1. The van der Waals surface area contributed by atoms with Gasteiger partial charge in [0.1, 0.15) is 0 Å². The Bertz CT molecular complexity index is 889. The van der Waals surface area contributed by atoms with Crippen molar-refractivity contribution >= 4 is 28.4 Å². The van der Waals surface area contributed by atoms with Crippen LogP contribution in [0.4, 0.5) is 10.8 Å². The van der Waals surface area contributed by atoms with Gasteiger partial charge in [-0.15, -0.1) is 0 Å². The Labute approximate surface area is 163 Å². The van der Waals surface area contributed by atoms with E-state index in [0.717, 1.165) is 53.3 Å². The zero-order chi connectivity index (χ0) is 18.5. The first-order valence-electron chi connectivity index (χ1n) is 9.03. The minimum atomic E-state index is 0.750. The predicted octanol–water partition coefficient (Wildman–Crippen LogP) is 4.12. The Morgan fingerprint density at radius 1 is 1.04 bits per heavy atom. The van der Waals surface area contributed by atoms with Crippen LogP contribution in [-0.4, -0.2) is 44.5 Å². The van der Waals surface area contributed by atoms with Gasteiger partial charge in [-0.1, -0.05) is 59.9 Å². The van der Waals surface area contributed by atoms with E-state index in [4.69, 9.17) is 9.72 Å². The van der Waals surface area contributed by atoms with Crippen molar-refractivity contribution in [3.05, 3.63) is 65.5 Å². The van der Waals surface area contributed by atoms with Crippen LogP contribution in [0.2, 0.25) is 0 Å². The summed E-state index contributed by atoms with van der Waals surface area (Å²) in [5.74, 6) is 0. The molecule has 1 aliphatic rings. The van der Waals surface area contributed by atoms with Crippen LogP contribution in [-0.2, 0) is 4.74 Å². The van der Waals surface area contributed by atoms with Gasteiger partial charge < -0.3 is 9.64 Å². The Hall–Kier alpha value is -2.70. The standard InChI is InChI=1S/C21H22N4OS/c1-24(18-10-6-3-7-11-18)22-16-19-20(17-8-4-2-5-9-17)23-21(27-19)25-12-14-26-15-13-25/h2-11,16H,12-15H2,1H3/b22-16-. The summed E-state index contributed by atoms with van der Waals surface area (Å²) in [5.41, 5.74) is 3.14. The monoisotopic (exact) mass is 378 g/mol. The maximum Gasteiger partial charge on any atom is 0.186 e. The van der Waals surface area contributed by atoms with Gasteiger partial charge in [-0.25, -0.2) is 4.98 Å². The van der Waals surface area contributed by atoms with E-state index in [1.807, 2.05) is 66.8 Å². The molecule has 0 unspecified atom stereocenters. The van der Waals surface area contributed by atoms with Gasteiger partial charge in [0.25, 0.3) is 0 Å². The molecule has 0 spiro atoms. The summed E-state index contributed by atoms with van der Waals surface area (Å²) in [6.45, 7) is 3.26. The number of morpholine rings is 1. The van der Waals surface area contributed by atoms with Crippen molar-refractivity contribution in [2.75, 3.05) is 43.3 Å². The van der Waals surface area contributed by atoms with E-state index in [2.05, 4.69) is 22.1 Å². The van der Waals surface area contributed by atoms with Gasteiger partial charge in [0.2, 0.25) is 0 Å². The summed E-state index contributed by atoms with van der Waals surface area (Å²) in [6, 6.07) is 20.4. The van der Waals surface area contributed by atoms with E-state index in [1.54, 1.807) is 11.3 Å². The smallest absolute Gasteiger partial charge is 0.186 e. The third-order valence-electron chi connectivity index (χ3n) is 4.45. The molecule has 0 saturated carbocycles. The first kappa shape index (κ1) is 17.7. The van der Waals surface area contributed by atoms with Gasteiger partial charge in [0.15, 0.2) is 5.13 Å². The van der Waals surface area contributed by atoms with Crippen molar-refractivity contribution in [2.24, 2.45) is 5.10 Å². The average Bonchev–Trinajstić information content (AvgIpc) is 3.18. The second-order valence-electron chi connectivity index (χ2n) is 6.28. The lowest BCUT2D eigenvalue weighted by atomic mass is 10.1. The van der Waals surface area contributed by atoms with E-state index >= 15 is 0 Å². The minimum Gasteiger partial charge on any atom is -0.378 e. The highest BCUT2D eigenvalue weighted by Gasteiger charge is 2.18. The van der Waals surface area contributed by atoms with Crippen molar-refractivity contribution in [1.82, 2.24) is 4.98 Å². The molecule has 5 nitrogen and oxygen atoms in total. The molecule has 1 saturated heterocycles. The fourth-order valence-electron chi connectivity index (χ4n) is 2.95. The molecule has 0 radical (unpaired) electrons. The minimum absolute atomic E-state index is 0.750. The topological polar surface area (TPSA) is 41.0 Å². The Balaban J connectivity index is 1.65. The fourth-order valence-corrected chi connectivity index (χ4v) is 3.96. The highest BCUT2D eigenvalue weighted by molar-refractivity contribution is 7.17. The lowest BCUT2D eigenvalue weighted by molar-refractivity contribution is 0.122. The largest absolute Gasteiger partial charge is 0.378 e. The van der Waals surface area contributed by atoms with Crippen LogP contribution in [0.15, 0.2) is 65.8 Å². The van der Waals surface area contributed by atoms with Gasteiger partial charge >= 0.3 is 0 Å². The van der Waals surface area contributed by atoms with Crippen LogP contribution in [0.25, 0.3) is 11.3 Å². The summed E-state index contributed by atoms with van der Waals surface area (Å²) in [6.07, 6.45) is 1.91. The van der Waals surface area contributed by atoms with E-state index in [0.29, 0.717) is 0 Å². The second-order valence-corrected chi connectivity index (χ2v) is 7.29. The van der Waals surface area contributed by atoms with Crippen molar-refractivity contribution in [1.29, 1.82) is 0 Å². The molecule has 2 aromatic carbocycles. The molecule has 0 atom stereocenters. The number of hydrazone groups is 1. The number of benzene rings is 2. The first-order valence-corrected chi connectivity index (χ1v) is 9.84. The summed E-state index contributed by atoms with van der Waals surface area (Å²) in [4.78, 5) is 8.29. The molecule has 1 aliphatic heterocycles. The van der Waals surface area contributed by atoms with Crippen molar-refractivity contribution in [2.45, 2.75) is 0 Å².